The van der Waals surface area contributed by atoms with E-state index < -0.39 is 0 Å². The van der Waals surface area contributed by atoms with E-state index in [9.17, 15) is 0 Å². The lowest BCUT2D eigenvalue weighted by atomic mass is 10.1. The zero-order valence-corrected chi connectivity index (χ0v) is 10.9. The fraction of sp³-hybridized carbons (Fsp3) is 0.188. The van der Waals surface area contributed by atoms with Crippen LogP contribution in [0.2, 0.25) is 0 Å². The molecule has 0 fully saturated rings. The predicted molar refractivity (Wildman–Crippen MR) is 78.9 cm³/mol. The second-order valence-electron chi connectivity index (χ2n) is 4.49. The van der Waals surface area contributed by atoms with E-state index in [1.165, 1.54) is 11.1 Å². The number of aliphatic imine (C=N–C) groups is 1. The van der Waals surface area contributed by atoms with Gasteiger partial charge in [0.1, 0.15) is 0 Å². The van der Waals surface area contributed by atoms with Gasteiger partial charge in [-0.1, -0.05) is 36.4 Å². The Kier molecular flexibility index (Phi) is 3.78. The van der Waals surface area contributed by atoms with Gasteiger partial charge in [-0.2, -0.15) is 0 Å². The number of rotatable bonds is 4. The van der Waals surface area contributed by atoms with Crippen molar-refractivity contribution in [1.29, 1.82) is 0 Å². The molecule has 0 aliphatic rings. The van der Waals surface area contributed by atoms with Crippen LogP contribution in [0.25, 0.3) is 0 Å². The van der Waals surface area contributed by atoms with Crippen LogP contribution in [0.3, 0.4) is 0 Å². The minimum Gasteiger partial charge on any atom is -0.369 e. The van der Waals surface area contributed by atoms with Crippen molar-refractivity contribution in [2.24, 2.45) is 4.99 Å². The summed E-state index contributed by atoms with van der Waals surface area (Å²) in [5.41, 5.74) is 4.54. The van der Waals surface area contributed by atoms with E-state index in [0.717, 1.165) is 17.9 Å². The molecule has 2 aromatic rings. The first-order valence-corrected chi connectivity index (χ1v) is 6.03. The summed E-state index contributed by atoms with van der Waals surface area (Å²) >= 11 is 0. The van der Waals surface area contributed by atoms with Crippen molar-refractivity contribution in [1.82, 2.24) is 0 Å². The van der Waals surface area contributed by atoms with Gasteiger partial charge < -0.3 is 4.90 Å². The fourth-order valence-corrected chi connectivity index (χ4v) is 2.03. The highest BCUT2D eigenvalue weighted by Crippen LogP contribution is 2.29. The molecule has 0 atom stereocenters. The molecule has 0 N–H and O–H groups in total. The van der Waals surface area contributed by atoms with E-state index in [1.807, 2.05) is 6.07 Å². The summed E-state index contributed by atoms with van der Waals surface area (Å²) < 4.78 is 0. The average molecular weight is 238 g/mol. The Morgan fingerprint density at radius 3 is 2.50 bits per heavy atom. The van der Waals surface area contributed by atoms with Crippen molar-refractivity contribution >= 4 is 18.1 Å². The molecule has 0 aliphatic heterocycles. The summed E-state index contributed by atoms with van der Waals surface area (Å²) in [5, 5.41) is 0. The Balaban J connectivity index is 2.23. The topological polar surface area (TPSA) is 15.6 Å². The molecule has 0 bridgehead atoms. The highest BCUT2D eigenvalue weighted by molar-refractivity contribution is 5.69. The molecule has 0 spiro atoms. The number of hydrogen-bond acceptors (Lipinski definition) is 2. The van der Waals surface area contributed by atoms with E-state index in [-0.39, 0.29) is 0 Å². The molecule has 2 heteroatoms. The Labute approximate surface area is 109 Å². The van der Waals surface area contributed by atoms with Gasteiger partial charge in [-0.3, -0.25) is 4.99 Å². The monoisotopic (exact) mass is 238 g/mol. The van der Waals surface area contributed by atoms with Crippen LogP contribution in [0.15, 0.2) is 53.5 Å². The molecule has 0 amide bonds. The van der Waals surface area contributed by atoms with Gasteiger partial charge in [0, 0.05) is 13.6 Å². The van der Waals surface area contributed by atoms with E-state index in [4.69, 9.17) is 0 Å². The van der Waals surface area contributed by atoms with E-state index in [1.54, 1.807) is 0 Å². The molecule has 92 valence electrons. The van der Waals surface area contributed by atoms with E-state index in [2.05, 4.69) is 73.0 Å². The van der Waals surface area contributed by atoms with Crippen molar-refractivity contribution in [3.05, 3.63) is 59.7 Å². The number of hydrogen-bond donors (Lipinski definition) is 0. The quantitative estimate of drug-likeness (QED) is 0.736. The lowest BCUT2D eigenvalue weighted by Gasteiger charge is -2.21. The molecule has 0 heterocycles. The molecule has 2 nitrogen and oxygen atoms in total. The molecule has 2 aromatic carbocycles. The van der Waals surface area contributed by atoms with E-state index >= 15 is 0 Å². The van der Waals surface area contributed by atoms with Crippen LogP contribution in [-0.4, -0.2) is 13.8 Å². The normalized spacial score (nSPS) is 10.1. The number of nitrogens with zero attached hydrogens (tertiary/aromatic N) is 2. The van der Waals surface area contributed by atoms with Crippen LogP contribution in [0.5, 0.6) is 0 Å². The zero-order valence-electron chi connectivity index (χ0n) is 10.9. The third kappa shape index (κ3) is 2.77. The first kappa shape index (κ1) is 12.4. The van der Waals surface area contributed by atoms with Crippen LogP contribution >= 0.6 is 0 Å². The molecule has 0 aliphatic carbocycles. The minimum absolute atomic E-state index is 0.867. The highest BCUT2D eigenvalue weighted by Gasteiger charge is 2.07. The molecule has 0 saturated heterocycles. The summed E-state index contributed by atoms with van der Waals surface area (Å²) in [6.07, 6.45) is 0. The lowest BCUT2D eigenvalue weighted by Crippen LogP contribution is -2.16. The Morgan fingerprint density at radius 1 is 1.11 bits per heavy atom. The fourth-order valence-electron chi connectivity index (χ4n) is 2.03. The van der Waals surface area contributed by atoms with Gasteiger partial charge in [-0.15, -0.1) is 0 Å². The smallest absolute Gasteiger partial charge is 0.0858 e. The van der Waals surface area contributed by atoms with Gasteiger partial charge in [0.2, 0.25) is 0 Å². The first-order valence-electron chi connectivity index (χ1n) is 6.03. The molecule has 0 saturated carbocycles. The minimum atomic E-state index is 0.867. The first-order chi connectivity index (χ1) is 8.70. The van der Waals surface area contributed by atoms with Crippen molar-refractivity contribution in [3.63, 3.8) is 0 Å². The van der Waals surface area contributed by atoms with Gasteiger partial charge in [-0.05, 0) is 36.9 Å². The summed E-state index contributed by atoms with van der Waals surface area (Å²) in [7, 11) is 2.08. The second kappa shape index (κ2) is 5.50. The van der Waals surface area contributed by atoms with Crippen LogP contribution in [-0.2, 0) is 6.54 Å². The molecule has 0 radical (unpaired) electrons. The lowest BCUT2D eigenvalue weighted by molar-refractivity contribution is 0.923. The number of benzene rings is 2. The predicted octanol–water partition coefficient (Wildman–Crippen LogP) is 3.96. The van der Waals surface area contributed by atoms with Gasteiger partial charge in [0.15, 0.2) is 0 Å². The Bertz CT molecular complexity index is 532. The maximum Gasteiger partial charge on any atom is 0.0858 e. The maximum atomic E-state index is 4.10. The molecule has 18 heavy (non-hydrogen) atoms. The standard InChI is InChI=1S/C16H18N2/c1-13-9-10-16(15(11-13)17-2)18(3)12-14-7-5-4-6-8-14/h4-11H,2,12H2,1,3H3. The van der Waals surface area contributed by atoms with Crippen molar-refractivity contribution in [3.8, 4) is 0 Å². The average Bonchev–Trinajstić information content (AvgIpc) is 2.39. The highest BCUT2D eigenvalue weighted by atomic mass is 15.1. The van der Waals surface area contributed by atoms with Gasteiger partial charge >= 0.3 is 0 Å². The SMILES string of the molecule is C=Nc1cc(C)ccc1N(C)Cc1ccccc1. The Morgan fingerprint density at radius 2 is 1.83 bits per heavy atom. The van der Waals surface area contributed by atoms with Crippen LogP contribution < -0.4 is 4.90 Å². The third-order valence-electron chi connectivity index (χ3n) is 2.98. The largest absolute Gasteiger partial charge is 0.369 e. The summed E-state index contributed by atoms with van der Waals surface area (Å²) in [6.45, 7) is 6.58. The van der Waals surface area contributed by atoms with Gasteiger partial charge in [0.25, 0.3) is 0 Å². The Hall–Kier alpha value is -2.09. The van der Waals surface area contributed by atoms with E-state index in [0.29, 0.717) is 0 Å². The maximum absolute atomic E-state index is 4.10. The van der Waals surface area contributed by atoms with Crippen LogP contribution in [0, 0.1) is 6.92 Å². The molecule has 2 rings (SSSR count). The molecule has 0 aromatic heterocycles. The summed E-state index contributed by atoms with van der Waals surface area (Å²) in [5.74, 6) is 0. The van der Waals surface area contributed by atoms with Crippen molar-refractivity contribution in [2.75, 3.05) is 11.9 Å². The summed E-state index contributed by atoms with van der Waals surface area (Å²) in [4.78, 5) is 6.30. The summed E-state index contributed by atoms with van der Waals surface area (Å²) in [6, 6.07) is 16.7. The van der Waals surface area contributed by atoms with Crippen molar-refractivity contribution < 1.29 is 0 Å². The third-order valence-corrected chi connectivity index (χ3v) is 2.98. The second-order valence-corrected chi connectivity index (χ2v) is 4.49. The molecule has 0 unspecified atom stereocenters. The number of anilines is 1. The van der Waals surface area contributed by atoms with Crippen LogP contribution in [0.1, 0.15) is 11.1 Å². The number of aryl methyl sites for hydroxylation is 1. The molecular formula is C16H18N2. The van der Waals surface area contributed by atoms with Crippen molar-refractivity contribution in [2.45, 2.75) is 13.5 Å². The van der Waals surface area contributed by atoms with Crippen LogP contribution in [0.4, 0.5) is 11.4 Å². The van der Waals surface area contributed by atoms with Gasteiger partial charge in [0.05, 0.1) is 11.4 Å². The van der Waals surface area contributed by atoms with Gasteiger partial charge in [-0.25, -0.2) is 0 Å². The molecular weight excluding hydrogens is 220 g/mol. The zero-order chi connectivity index (χ0) is 13.0.